The van der Waals surface area contributed by atoms with Crippen LogP contribution in [0.4, 0.5) is 39.8 Å². The second kappa shape index (κ2) is 22.9. The number of nitrogens with two attached hydrogens (primary N) is 1. The minimum atomic E-state index is -5.21. The Bertz CT molecular complexity index is 4670. The molecule has 6 rings (SSSR count). The predicted octanol–water partition coefficient (Wildman–Crippen LogP) is 5.18. The van der Waals surface area contributed by atoms with Crippen LogP contribution < -0.4 is 5.73 Å². The van der Waals surface area contributed by atoms with E-state index in [1.165, 1.54) is 0 Å². The highest BCUT2D eigenvalue weighted by Gasteiger charge is 2.29. The molecule has 0 aliphatic carbocycles. The van der Waals surface area contributed by atoms with E-state index < -0.39 is 220 Å². The lowest BCUT2D eigenvalue weighted by Gasteiger charge is -2.16. The van der Waals surface area contributed by atoms with Crippen molar-refractivity contribution >= 4 is 142 Å². The van der Waals surface area contributed by atoms with Gasteiger partial charge in [0, 0.05) is 16.5 Å². The van der Waals surface area contributed by atoms with E-state index in [0.717, 1.165) is 68.8 Å². The predicted molar refractivity (Wildman–Crippen MR) is 280 cm³/mol. The first-order valence-electron chi connectivity index (χ1n) is 21.2. The number of phenolic OH excluding ortho intramolecular Hbond substituents is 2. The number of nitrogen functional groups attached to an aromatic ring is 1. The van der Waals surface area contributed by atoms with Crippen molar-refractivity contribution in [1.82, 2.24) is 0 Å². The van der Waals surface area contributed by atoms with Crippen LogP contribution in [0.3, 0.4) is 0 Å². The Kier molecular flexibility index (Phi) is 18.0. The molecule has 0 saturated heterocycles. The molecule has 0 aliphatic rings. The molecule has 0 spiro atoms. The van der Waals surface area contributed by atoms with E-state index in [4.69, 9.17) is 5.73 Å². The summed E-state index contributed by atoms with van der Waals surface area (Å²) in [6.07, 6.45) is 0. The van der Waals surface area contributed by atoms with Crippen LogP contribution in [0.2, 0.25) is 0 Å². The fourth-order valence-corrected chi connectivity index (χ4v) is 12.9. The maximum atomic E-state index is 13.3. The monoisotopic (exact) mass is 1290 g/mol. The van der Waals surface area contributed by atoms with Crippen molar-refractivity contribution < 1.29 is 113 Å². The number of hydrogen-bond donors (Lipinski definition) is 8. The molecule has 41 heteroatoms. The Hall–Kier alpha value is -6.68. The zero-order valence-corrected chi connectivity index (χ0v) is 47.3. The molecule has 0 bridgehead atoms. The summed E-state index contributed by atoms with van der Waals surface area (Å²) in [5.41, 5.74) is -1.94. The highest BCUT2D eigenvalue weighted by Crippen LogP contribution is 2.50. The third-order valence-electron chi connectivity index (χ3n) is 10.9. The normalized spacial score (nSPS) is 13.6. The minimum Gasteiger partial charge on any atom is -0.505 e. The van der Waals surface area contributed by atoms with Gasteiger partial charge in [0.15, 0.2) is 11.5 Å². The first kappa shape index (κ1) is 63.5. The molecule has 33 nitrogen and oxygen atoms in total. The Labute approximate surface area is 459 Å². The molecule has 81 heavy (non-hydrogen) atoms. The van der Waals surface area contributed by atoms with Gasteiger partial charge in [0.2, 0.25) is 0 Å². The number of phenols is 2. The molecule has 0 heterocycles. The lowest BCUT2D eigenvalue weighted by Crippen LogP contribution is -2.06. The highest BCUT2D eigenvalue weighted by atomic mass is 32.2. The molecule has 438 valence electrons. The Morgan fingerprint density at radius 1 is 0.383 bits per heavy atom. The van der Waals surface area contributed by atoms with Crippen LogP contribution in [0.15, 0.2) is 112 Å². The molecule has 9 N–H and O–H groups in total. The van der Waals surface area contributed by atoms with Crippen molar-refractivity contribution in [3.05, 3.63) is 94.5 Å². The lowest BCUT2D eigenvalue weighted by atomic mass is 9.98. The molecule has 0 unspecified atom stereocenters. The molecule has 0 radical (unpaired) electrons. The average molecular weight is 1290 g/mol. The summed E-state index contributed by atoms with van der Waals surface area (Å²) in [4.78, 5) is -2.18. The zero-order valence-electron chi connectivity index (χ0n) is 40.8. The highest BCUT2D eigenvalue weighted by molar-refractivity contribution is 7.88. The quantitative estimate of drug-likeness (QED) is 0.0188. The van der Waals surface area contributed by atoms with E-state index in [-0.39, 0.29) is 5.56 Å². The Morgan fingerprint density at radius 2 is 0.741 bits per heavy atom. The van der Waals surface area contributed by atoms with Crippen molar-refractivity contribution in [2.45, 2.75) is 43.5 Å². The number of aromatic hydroxyl groups is 2. The number of benzene rings is 6. The average Bonchev–Trinajstić information content (AvgIpc) is 3.38. The summed E-state index contributed by atoms with van der Waals surface area (Å²) in [6, 6.07) is 8.72. The largest absolute Gasteiger partial charge is 0.505 e. The standard InChI is InChI=1S/C40H39N7O26S8/c1-71-79(65,66)25-6-4-20(15-74(50,51)52)30(13-25)43-45-32-12-22(17-76(56,57)58)27-10-23(18-77(59,60)61)38(40(49)35(27)36(32)41)46-42-29-8-9-33(81(69,70)73-3)28-11-24(19-78(62,63)64)37(39(48)34(28)29)47-44-31-14-26(80(67,68)72-2)7-5-21(31)16-75(53,54)55/h4-14,48-49H,15-19,41H2,1-3H3,(H,50,51,52)(H,53,54,55)(H,56,57,58)(H,59,60,61)(H,62,63,64). The molecular weight excluding hydrogens is 1250 g/mol. The first-order chi connectivity index (χ1) is 37.1. The molecule has 0 fully saturated rings. The molecule has 0 atom stereocenters. The van der Waals surface area contributed by atoms with Gasteiger partial charge in [-0.15, -0.1) is 20.5 Å². The van der Waals surface area contributed by atoms with Gasteiger partial charge in [-0.1, -0.05) is 12.1 Å². The number of azo groups is 3. The van der Waals surface area contributed by atoms with Gasteiger partial charge in [0.25, 0.3) is 80.9 Å². The molecule has 6 aromatic rings. The number of anilines is 1. The van der Waals surface area contributed by atoms with Gasteiger partial charge in [-0.05, 0) is 76.7 Å². The van der Waals surface area contributed by atoms with Gasteiger partial charge in [0.05, 0.1) is 64.6 Å². The van der Waals surface area contributed by atoms with Crippen molar-refractivity contribution in [2.75, 3.05) is 27.1 Å². The van der Waals surface area contributed by atoms with E-state index in [1.54, 1.807) is 0 Å². The minimum absolute atomic E-state index is 0.388. The van der Waals surface area contributed by atoms with E-state index in [9.17, 15) is 100 Å². The van der Waals surface area contributed by atoms with Gasteiger partial charge < -0.3 is 15.9 Å². The maximum absolute atomic E-state index is 13.3. The second-order valence-electron chi connectivity index (χ2n) is 16.5. The lowest BCUT2D eigenvalue weighted by molar-refractivity contribution is 0.396. The zero-order chi connectivity index (χ0) is 60.8. The SMILES string of the molecule is COS(=O)(=O)c1ccc(CS(=O)(=O)O)c(N=Nc2cc(CS(=O)(=O)O)c3cc(CS(=O)(=O)O)c(N=Nc4ccc(S(=O)(=O)OC)c5cc(CS(=O)(=O)O)c(N=Nc6cc(S(=O)(=O)OC)ccc6CS(=O)(=O)O)c(O)c45)c(O)c3c2N)c1. The van der Waals surface area contributed by atoms with E-state index in [0.29, 0.717) is 19.2 Å². The van der Waals surface area contributed by atoms with Crippen LogP contribution >= 0.6 is 0 Å². The van der Waals surface area contributed by atoms with Crippen LogP contribution in [0.1, 0.15) is 27.8 Å². The molecule has 0 aliphatic heterocycles. The number of hydrogen-bond acceptors (Lipinski definition) is 28. The second-order valence-corrected chi connectivity index (χ2v) is 28.9. The van der Waals surface area contributed by atoms with Crippen molar-refractivity contribution in [3.8, 4) is 11.5 Å². The van der Waals surface area contributed by atoms with Gasteiger partial charge in [-0.2, -0.15) is 77.6 Å². The smallest absolute Gasteiger partial charge is 0.297 e. The van der Waals surface area contributed by atoms with Gasteiger partial charge >= 0.3 is 0 Å². The Morgan fingerprint density at radius 3 is 1.16 bits per heavy atom. The fourth-order valence-electron chi connectivity index (χ4n) is 7.54. The van der Waals surface area contributed by atoms with Crippen LogP contribution in [0, 0.1) is 0 Å². The third-order valence-corrected chi connectivity index (χ3v) is 18.2. The van der Waals surface area contributed by atoms with Gasteiger partial charge in [-0.25, -0.2) is 0 Å². The number of fused-ring (bicyclic) bond motifs is 2. The maximum Gasteiger partial charge on any atom is 0.297 e. The van der Waals surface area contributed by atoms with E-state index in [1.807, 2.05) is 0 Å². The van der Waals surface area contributed by atoms with Crippen LogP contribution in [-0.2, 0) is 122 Å². The Balaban J connectivity index is 1.71. The summed E-state index contributed by atoms with van der Waals surface area (Å²) in [6.45, 7) is 0. The van der Waals surface area contributed by atoms with Crippen LogP contribution in [0.5, 0.6) is 11.5 Å². The van der Waals surface area contributed by atoms with Gasteiger partial charge in [0.1, 0.15) is 50.7 Å². The molecule has 6 aromatic carbocycles. The van der Waals surface area contributed by atoms with E-state index in [2.05, 4.69) is 43.2 Å². The van der Waals surface area contributed by atoms with Gasteiger partial charge in [-0.3, -0.25) is 35.3 Å². The fraction of sp³-hybridized carbons (Fsp3) is 0.200. The topological polar surface area (TPSA) is 543 Å². The summed E-state index contributed by atoms with van der Waals surface area (Å²) in [5, 5.41) is 44.4. The number of nitrogens with zero attached hydrogens (tertiary/aromatic N) is 6. The van der Waals surface area contributed by atoms with Crippen LogP contribution in [-0.4, -0.2) is 122 Å². The van der Waals surface area contributed by atoms with Crippen LogP contribution in [0.25, 0.3) is 21.5 Å². The number of rotatable bonds is 22. The molecule has 0 saturated carbocycles. The summed E-state index contributed by atoms with van der Waals surface area (Å²) in [7, 11) is -37.1. The summed E-state index contributed by atoms with van der Waals surface area (Å²) < 4.78 is 262. The first-order valence-corrected chi connectivity index (χ1v) is 33.4. The van der Waals surface area contributed by atoms with E-state index >= 15 is 0 Å². The van der Waals surface area contributed by atoms with Crippen molar-refractivity contribution in [1.29, 1.82) is 0 Å². The third kappa shape index (κ3) is 15.5. The summed E-state index contributed by atoms with van der Waals surface area (Å²) >= 11 is 0. The summed E-state index contributed by atoms with van der Waals surface area (Å²) in [5.74, 6) is -9.40. The van der Waals surface area contributed by atoms with Crippen molar-refractivity contribution in [2.24, 2.45) is 30.7 Å². The molecular formula is C40H39N7O26S8. The van der Waals surface area contributed by atoms with Crippen molar-refractivity contribution in [3.63, 3.8) is 0 Å². The molecule has 0 amide bonds. The molecule has 0 aromatic heterocycles.